The molecule has 104 valence electrons. The van der Waals surface area contributed by atoms with E-state index >= 15 is 0 Å². The number of hydrogen-bond acceptors (Lipinski definition) is 1. The second-order valence-electron chi connectivity index (χ2n) is 4.86. The number of aryl methyl sites for hydroxylation is 2. The minimum Gasteiger partial charge on any atom is -0.268 e. The second kappa shape index (κ2) is 7.30. The fourth-order valence-corrected chi connectivity index (χ4v) is 4.36. The average molecular weight is 401 g/mol. The summed E-state index contributed by atoms with van der Waals surface area (Å²) in [4.78, 5) is 0. The van der Waals surface area contributed by atoms with Crippen molar-refractivity contribution in [2.75, 3.05) is 10.7 Å². The third-order valence-electron chi connectivity index (χ3n) is 3.34. The summed E-state index contributed by atoms with van der Waals surface area (Å²) >= 11 is 13.7. The van der Waals surface area contributed by atoms with Crippen LogP contribution in [0.5, 0.6) is 0 Å². The van der Waals surface area contributed by atoms with Gasteiger partial charge in [0.15, 0.2) is 0 Å². The summed E-state index contributed by atoms with van der Waals surface area (Å²) in [7, 11) is 0. The Hall–Kier alpha value is 0.460. The lowest BCUT2D eigenvalue weighted by molar-refractivity contribution is 0.340. The number of rotatable bonds is 7. The van der Waals surface area contributed by atoms with Crippen LogP contribution in [-0.2, 0) is 13.0 Å². The standard InChI is InChI=1S/C13H21Br2ClN2/c1-4-6-13(8-14,9-15)7-11-12(16)10(3)17-18(11)5-2/h4-9H2,1-3H3. The van der Waals surface area contributed by atoms with E-state index in [4.69, 9.17) is 11.6 Å². The lowest BCUT2D eigenvalue weighted by Crippen LogP contribution is -2.29. The zero-order valence-corrected chi connectivity index (χ0v) is 15.2. The number of nitrogens with zero attached hydrogens (tertiary/aromatic N) is 2. The van der Waals surface area contributed by atoms with E-state index in [2.05, 4.69) is 50.8 Å². The summed E-state index contributed by atoms with van der Waals surface area (Å²) in [5.74, 6) is 0. The largest absolute Gasteiger partial charge is 0.268 e. The molecule has 2 nitrogen and oxygen atoms in total. The Morgan fingerprint density at radius 3 is 2.33 bits per heavy atom. The van der Waals surface area contributed by atoms with Gasteiger partial charge in [0, 0.05) is 17.2 Å². The zero-order chi connectivity index (χ0) is 13.8. The van der Waals surface area contributed by atoms with E-state index in [9.17, 15) is 0 Å². The van der Waals surface area contributed by atoms with Gasteiger partial charge in [-0.1, -0.05) is 56.8 Å². The van der Waals surface area contributed by atoms with Crippen LogP contribution in [0.4, 0.5) is 0 Å². The van der Waals surface area contributed by atoms with Gasteiger partial charge in [-0.2, -0.15) is 5.10 Å². The maximum absolute atomic E-state index is 6.40. The zero-order valence-electron chi connectivity index (χ0n) is 11.3. The smallest absolute Gasteiger partial charge is 0.0847 e. The van der Waals surface area contributed by atoms with Gasteiger partial charge in [-0.25, -0.2) is 0 Å². The summed E-state index contributed by atoms with van der Waals surface area (Å²) in [5, 5.41) is 7.28. The monoisotopic (exact) mass is 398 g/mol. The Balaban J connectivity index is 3.07. The van der Waals surface area contributed by atoms with Gasteiger partial charge in [0.25, 0.3) is 0 Å². The van der Waals surface area contributed by atoms with Crippen molar-refractivity contribution in [2.24, 2.45) is 5.41 Å². The molecule has 1 aromatic rings. The summed E-state index contributed by atoms with van der Waals surface area (Å²) < 4.78 is 2.04. The fraction of sp³-hybridized carbons (Fsp3) is 0.769. The van der Waals surface area contributed by atoms with Crippen LogP contribution in [0.3, 0.4) is 0 Å². The van der Waals surface area contributed by atoms with Crippen molar-refractivity contribution in [3.63, 3.8) is 0 Å². The molecule has 18 heavy (non-hydrogen) atoms. The first kappa shape index (κ1) is 16.5. The van der Waals surface area contributed by atoms with Crippen molar-refractivity contribution in [3.05, 3.63) is 16.4 Å². The Labute approximate surface area is 132 Å². The lowest BCUT2D eigenvalue weighted by Gasteiger charge is -2.30. The Bertz CT molecular complexity index is 387. The van der Waals surface area contributed by atoms with Crippen LogP contribution in [0, 0.1) is 12.3 Å². The molecule has 0 unspecified atom stereocenters. The van der Waals surface area contributed by atoms with Crippen LogP contribution in [0.2, 0.25) is 5.02 Å². The molecular formula is C13H21Br2ClN2. The van der Waals surface area contributed by atoms with Crippen LogP contribution in [0.15, 0.2) is 0 Å². The minimum atomic E-state index is 0.220. The Morgan fingerprint density at radius 1 is 1.28 bits per heavy atom. The molecule has 0 radical (unpaired) electrons. The van der Waals surface area contributed by atoms with Crippen LogP contribution >= 0.6 is 43.5 Å². The Morgan fingerprint density at radius 2 is 1.89 bits per heavy atom. The molecule has 0 saturated heterocycles. The topological polar surface area (TPSA) is 17.8 Å². The van der Waals surface area contributed by atoms with Crippen molar-refractivity contribution in [1.82, 2.24) is 9.78 Å². The summed E-state index contributed by atoms with van der Waals surface area (Å²) in [6.45, 7) is 7.18. The molecule has 0 aliphatic heterocycles. The maximum atomic E-state index is 6.40. The number of halogens is 3. The second-order valence-corrected chi connectivity index (χ2v) is 6.36. The molecule has 0 aliphatic rings. The van der Waals surface area contributed by atoms with E-state index in [1.54, 1.807) is 0 Å². The predicted molar refractivity (Wildman–Crippen MR) is 86.3 cm³/mol. The van der Waals surface area contributed by atoms with E-state index in [1.165, 1.54) is 18.5 Å². The molecule has 0 saturated carbocycles. The molecule has 0 atom stereocenters. The quantitative estimate of drug-likeness (QED) is 0.590. The molecule has 0 bridgehead atoms. The third-order valence-corrected chi connectivity index (χ3v) is 6.21. The highest BCUT2D eigenvalue weighted by molar-refractivity contribution is 9.09. The van der Waals surface area contributed by atoms with Gasteiger partial charge in [0.1, 0.15) is 0 Å². The maximum Gasteiger partial charge on any atom is 0.0847 e. The summed E-state index contributed by atoms with van der Waals surface area (Å²) in [6, 6.07) is 0. The first-order valence-corrected chi connectivity index (χ1v) is 8.99. The van der Waals surface area contributed by atoms with Gasteiger partial charge < -0.3 is 0 Å². The molecule has 0 amide bonds. The minimum absolute atomic E-state index is 0.220. The van der Waals surface area contributed by atoms with E-state index < -0.39 is 0 Å². The molecule has 5 heteroatoms. The number of aromatic nitrogens is 2. The van der Waals surface area contributed by atoms with Gasteiger partial charge in [-0.3, -0.25) is 4.68 Å². The lowest BCUT2D eigenvalue weighted by atomic mass is 9.83. The third kappa shape index (κ3) is 3.51. The van der Waals surface area contributed by atoms with Gasteiger partial charge >= 0.3 is 0 Å². The SMILES string of the molecule is CCCC(CBr)(CBr)Cc1c(Cl)c(C)nn1CC. The van der Waals surface area contributed by atoms with Crippen molar-refractivity contribution >= 4 is 43.5 Å². The van der Waals surface area contributed by atoms with Crippen molar-refractivity contribution in [1.29, 1.82) is 0 Å². The van der Waals surface area contributed by atoms with Crippen LogP contribution < -0.4 is 0 Å². The first-order valence-electron chi connectivity index (χ1n) is 6.37. The van der Waals surface area contributed by atoms with Crippen LogP contribution in [0.25, 0.3) is 0 Å². The molecule has 1 rings (SSSR count). The average Bonchev–Trinajstić information content (AvgIpc) is 2.65. The predicted octanol–water partition coefficient (Wildman–Crippen LogP) is 4.98. The van der Waals surface area contributed by atoms with E-state index in [0.717, 1.165) is 34.3 Å². The van der Waals surface area contributed by atoms with Crippen molar-refractivity contribution < 1.29 is 0 Å². The van der Waals surface area contributed by atoms with E-state index in [0.29, 0.717) is 0 Å². The van der Waals surface area contributed by atoms with Gasteiger partial charge in [0.2, 0.25) is 0 Å². The van der Waals surface area contributed by atoms with Gasteiger partial charge in [0.05, 0.1) is 16.4 Å². The molecule has 0 spiro atoms. The van der Waals surface area contributed by atoms with E-state index in [-0.39, 0.29) is 5.41 Å². The highest BCUT2D eigenvalue weighted by Crippen LogP contribution is 2.35. The Kier molecular flexibility index (Phi) is 6.70. The van der Waals surface area contributed by atoms with Crippen molar-refractivity contribution in [2.45, 2.75) is 46.6 Å². The normalized spacial score (nSPS) is 12.1. The molecule has 1 aromatic heterocycles. The molecule has 0 fully saturated rings. The first-order chi connectivity index (χ1) is 8.53. The molecule has 0 N–H and O–H groups in total. The molecular weight excluding hydrogens is 379 g/mol. The molecule has 1 heterocycles. The highest BCUT2D eigenvalue weighted by atomic mass is 79.9. The van der Waals surface area contributed by atoms with Crippen molar-refractivity contribution in [3.8, 4) is 0 Å². The summed E-state index contributed by atoms with van der Waals surface area (Å²) in [5.41, 5.74) is 2.32. The summed E-state index contributed by atoms with van der Waals surface area (Å²) in [6.07, 6.45) is 3.31. The van der Waals surface area contributed by atoms with Crippen LogP contribution in [-0.4, -0.2) is 20.4 Å². The molecule has 0 aliphatic carbocycles. The van der Waals surface area contributed by atoms with Gasteiger partial charge in [-0.15, -0.1) is 0 Å². The van der Waals surface area contributed by atoms with E-state index in [1.807, 2.05) is 11.6 Å². The highest BCUT2D eigenvalue weighted by Gasteiger charge is 2.30. The molecule has 0 aromatic carbocycles. The van der Waals surface area contributed by atoms with Gasteiger partial charge in [-0.05, 0) is 32.1 Å². The fourth-order valence-electron chi connectivity index (χ4n) is 2.28. The van der Waals surface area contributed by atoms with Crippen LogP contribution in [0.1, 0.15) is 38.1 Å². The number of alkyl halides is 2. The number of hydrogen-bond donors (Lipinski definition) is 0.